The summed E-state index contributed by atoms with van der Waals surface area (Å²) in [6.07, 6.45) is 16.3. The van der Waals surface area contributed by atoms with Crippen molar-refractivity contribution in [3.63, 3.8) is 0 Å². The first-order valence-electron chi connectivity index (χ1n) is 10.9. The van der Waals surface area contributed by atoms with Gasteiger partial charge in [0.15, 0.2) is 0 Å². The van der Waals surface area contributed by atoms with Gasteiger partial charge in [0.25, 0.3) is 0 Å². The first-order valence-corrected chi connectivity index (χ1v) is 10.9. The number of aryl methyl sites for hydroxylation is 3. The Bertz CT molecular complexity index is 476. The number of carbonyl (C=O) groups excluding carboxylic acids is 1. The lowest BCUT2D eigenvalue weighted by molar-refractivity contribution is -0.143. The second-order valence-electron chi connectivity index (χ2n) is 7.41. The Labute approximate surface area is 160 Å². The van der Waals surface area contributed by atoms with Crippen LogP contribution < -0.4 is 0 Å². The van der Waals surface area contributed by atoms with Gasteiger partial charge in [0.1, 0.15) is 11.5 Å². The SMILES string of the molecule is CCCCCc1cc(C)c(CCCCCCCCCCC(=O)OCC)o1. The molecule has 0 spiro atoms. The Hall–Kier alpha value is -1.25. The highest BCUT2D eigenvalue weighted by Gasteiger charge is 2.07. The number of esters is 1. The van der Waals surface area contributed by atoms with Gasteiger partial charge in [-0.15, -0.1) is 0 Å². The maximum Gasteiger partial charge on any atom is 0.305 e. The van der Waals surface area contributed by atoms with Gasteiger partial charge in [-0.25, -0.2) is 0 Å². The Balaban J connectivity index is 1.98. The van der Waals surface area contributed by atoms with Gasteiger partial charge in [0, 0.05) is 19.3 Å². The summed E-state index contributed by atoms with van der Waals surface area (Å²) in [7, 11) is 0. The largest absolute Gasteiger partial charge is 0.466 e. The molecular weight excluding hydrogens is 324 g/mol. The van der Waals surface area contributed by atoms with Crippen molar-refractivity contribution in [2.75, 3.05) is 6.61 Å². The van der Waals surface area contributed by atoms with Crippen LogP contribution in [0, 0.1) is 6.92 Å². The molecule has 0 bridgehead atoms. The summed E-state index contributed by atoms with van der Waals surface area (Å²) in [6, 6.07) is 2.24. The molecule has 0 saturated heterocycles. The van der Waals surface area contributed by atoms with Gasteiger partial charge in [-0.1, -0.05) is 58.3 Å². The highest BCUT2D eigenvalue weighted by molar-refractivity contribution is 5.69. The molecule has 0 saturated carbocycles. The van der Waals surface area contributed by atoms with Crippen molar-refractivity contribution in [3.8, 4) is 0 Å². The third-order valence-corrected chi connectivity index (χ3v) is 4.94. The number of carbonyl (C=O) groups is 1. The summed E-state index contributed by atoms with van der Waals surface area (Å²) in [4.78, 5) is 11.2. The molecule has 0 aliphatic heterocycles. The monoisotopic (exact) mass is 364 g/mol. The van der Waals surface area contributed by atoms with Crippen LogP contribution in [0.3, 0.4) is 0 Å². The Kier molecular flexibility index (Phi) is 13.0. The number of unbranched alkanes of at least 4 members (excludes halogenated alkanes) is 9. The van der Waals surface area contributed by atoms with Gasteiger partial charge in [-0.3, -0.25) is 4.79 Å². The van der Waals surface area contributed by atoms with Crippen molar-refractivity contribution >= 4 is 5.97 Å². The lowest BCUT2D eigenvalue weighted by Gasteiger charge is -2.03. The van der Waals surface area contributed by atoms with Gasteiger partial charge in [0.2, 0.25) is 0 Å². The summed E-state index contributed by atoms with van der Waals surface area (Å²) in [5.41, 5.74) is 1.33. The van der Waals surface area contributed by atoms with Crippen molar-refractivity contribution in [1.82, 2.24) is 0 Å². The number of furan rings is 1. The summed E-state index contributed by atoms with van der Waals surface area (Å²) in [5.74, 6) is 2.33. The molecule has 150 valence electrons. The quantitative estimate of drug-likeness (QED) is 0.236. The molecule has 0 fully saturated rings. The number of rotatable bonds is 16. The fraction of sp³-hybridized carbons (Fsp3) is 0.783. The van der Waals surface area contributed by atoms with Crippen LogP contribution in [0.4, 0.5) is 0 Å². The zero-order valence-electron chi connectivity index (χ0n) is 17.4. The fourth-order valence-electron chi connectivity index (χ4n) is 3.36. The highest BCUT2D eigenvalue weighted by atomic mass is 16.5. The van der Waals surface area contributed by atoms with E-state index in [4.69, 9.17) is 9.15 Å². The normalized spacial score (nSPS) is 11.0. The van der Waals surface area contributed by atoms with Crippen molar-refractivity contribution in [1.29, 1.82) is 0 Å². The van der Waals surface area contributed by atoms with Crippen molar-refractivity contribution in [2.24, 2.45) is 0 Å². The third-order valence-electron chi connectivity index (χ3n) is 4.94. The molecule has 1 heterocycles. The Morgan fingerprint density at radius 3 is 2.15 bits per heavy atom. The van der Waals surface area contributed by atoms with Gasteiger partial charge >= 0.3 is 5.97 Å². The molecular formula is C23H40O3. The van der Waals surface area contributed by atoms with E-state index in [1.807, 2.05) is 6.92 Å². The van der Waals surface area contributed by atoms with E-state index < -0.39 is 0 Å². The number of hydrogen-bond donors (Lipinski definition) is 0. The van der Waals surface area contributed by atoms with Crippen LogP contribution >= 0.6 is 0 Å². The molecule has 0 aliphatic carbocycles. The van der Waals surface area contributed by atoms with Gasteiger partial charge in [-0.2, -0.15) is 0 Å². The Morgan fingerprint density at radius 1 is 0.885 bits per heavy atom. The summed E-state index contributed by atoms with van der Waals surface area (Å²) in [5, 5.41) is 0. The molecule has 3 nitrogen and oxygen atoms in total. The van der Waals surface area contributed by atoms with E-state index in [0.717, 1.165) is 25.7 Å². The zero-order valence-corrected chi connectivity index (χ0v) is 17.4. The molecule has 1 rings (SSSR count). The first kappa shape index (κ1) is 22.8. The lowest BCUT2D eigenvalue weighted by Crippen LogP contribution is -2.03. The molecule has 3 heteroatoms. The van der Waals surface area contributed by atoms with Crippen LogP contribution in [-0.2, 0) is 22.4 Å². The van der Waals surface area contributed by atoms with Crippen LogP contribution in [0.15, 0.2) is 10.5 Å². The lowest BCUT2D eigenvalue weighted by atomic mass is 10.1. The third kappa shape index (κ3) is 10.7. The van der Waals surface area contributed by atoms with E-state index in [2.05, 4.69) is 19.9 Å². The zero-order chi connectivity index (χ0) is 19.0. The van der Waals surface area contributed by atoms with E-state index in [1.54, 1.807) is 0 Å². The fourth-order valence-corrected chi connectivity index (χ4v) is 3.36. The summed E-state index contributed by atoms with van der Waals surface area (Å²) < 4.78 is 11.0. The van der Waals surface area contributed by atoms with Crippen LogP contribution in [0.25, 0.3) is 0 Å². The smallest absolute Gasteiger partial charge is 0.305 e. The van der Waals surface area contributed by atoms with Gasteiger partial charge in [0.05, 0.1) is 6.61 Å². The molecule has 1 aromatic rings. The maximum atomic E-state index is 11.2. The summed E-state index contributed by atoms with van der Waals surface area (Å²) >= 11 is 0. The number of ether oxygens (including phenoxy) is 1. The highest BCUT2D eigenvalue weighted by Crippen LogP contribution is 2.20. The molecule has 0 amide bonds. The second kappa shape index (κ2) is 14.9. The van der Waals surface area contributed by atoms with E-state index in [0.29, 0.717) is 13.0 Å². The van der Waals surface area contributed by atoms with E-state index in [-0.39, 0.29) is 5.97 Å². The molecule has 0 radical (unpaired) electrons. The molecule has 26 heavy (non-hydrogen) atoms. The molecule has 0 unspecified atom stereocenters. The molecule has 0 aliphatic rings. The molecule has 0 N–H and O–H groups in total. The maximum absolute atomic E-state index is 11.2. The molecule has 0 atom stereocenters. The second-order valence-corrected chi connectivity index (χ2v) is 7.41. The van der Waals surface area contributed by atoms with Crippen LogP contribution in [0.5, 0.6) is 0 Å². The van der Waals surface area contributed by atoms with Gasteiger partial charge < -0.3 is 9.15 Å². The predicted molar refractivity (Wildman–Crippen MR) is 109 cm³/mol. The van der Waals surface area contributed by atoms with Gasteiger partial charge in [-0.05, 0) is 44.7 Å². The van der Waals surface area contributed by atoms with Crippen molar-refractivity contribution in [2.45, 2.75) is 111 Å². The van der Waals surface area contributed by atoms with Crippen LogP contribution in [0.1, 0.15) is 108 Å². The predicted octanol–water partition coefficient (Wildman–Crippen LogP) is 6.94. The minimum Gasteiger partial charge on any atom is -0.466 e. The van der Waals surface area contributed by atoms with Crippen LogP contribution in [-0.4, -0.2) is 12.6 Å². The van der Waals surface area contributed by atoms with E-state index in [9.17, 15) is 4.79 Å². The van der Waals surface area contributed by atoms with Crippen LogP contribution in [0.2, 0.25) is 0 Å². The molecule has 0 aromatic carbocycles. The topological polar surface area (TPSA) is 39.4 Å². The first-order chi connectivity index (χ1) is 12.7. The average molecular weight is 365 g/mol. The van der Waals surface area contributed by atoms with Crippen molar-refractivity contribution < 1.29 is 13.9 Å². The number of hydrogen-bond acceptors (Lipinski definition) is 3. The average Bonchev–Trinajstić information content (AvgIpc) is 2.97. The van der Waals surface area contributed by atoms with E-state index in [1.165, 1.54) is 74.9 Å². The van der Waals surface area contributed by atoms with E-state index >= 15 is 0 Å². The minimum absolute atomic E-state index is 0.0470. The Morgan fingerprint density at radius 2 is 1.50 bits per heavy atom. The van der Waals surface area contributed by atoms with Crippen molar-refractivity contribution in [3.05, 3.63) is 23.2 Å². The minimum atomic E-state index is -0.0470. The molecule has 1 aromatic heterocycles. The summed E-state index contributed by atoms with van der Waals surface area (Å²) in [6.45, 7) is 6.77. The standard InChI is InChI=1S/C23H40O3/c1-4-6-13-16-21-19-20(3)22(26-21)17-14-11-9-7-8-10-12-15-18-23(24)25-5-2/h19H,4-18H2,1-3H3.